The lowest BCUT2D eigenvalue weighted by Gasteiger charge is -2.19. The molecule has 0 N–H and O–H groups in total. The first-order valence-electron chi connectivity index (χ1n) is 8.86. The van der Waals surface area contributed by atoms with Crippen LogP contribution >= 0.6 is 11.6 Å². The van der Waals surface area contributed by atoms with E-state index >= 15 is 0 Å². The van der Waals surface area contributed by atoms with E-state index in [-0.39, 0.29) is 5.02 Å². The molecule has 3 aromatic rings. The van der Waals surface area contributed by atoms with E-state index in [4.69, 9.17) is 11.6 Å². The first-order valence-corrected chi connectivity index (χ1v) is 9.24. The highest BCUT2D eigenvalue weighted by Crippen LogP contribution is 2.38. The number of fused-ring (bicyclic) bond motifs is 1. The Morgan fingerprint density at radius 1 is 1.07 bits per heavy atom. The quantitative estimate of drug-likeness (QED) is 0.501. The van der Waals surface area contributed by atoms with Crippen molar-refractivity contribution in [1.29, 1.82) is 0 Å². The molecule has 4 heteroatoms. The number of nitrogens with zero attached hydrogens (tertiary/aromatic N) is 2. The summed E-state index contributed by atoms with van der Waals surface area (Å²) in [5.41, 5.74) is 6.32. The van der Waals surface area contributed by atoms with Crippen molar-refractivity contribution < 1.29 is 4.39 Å². The zero-order valence-corrected chi connectivity index (χ0v) is 15.7. The topological polar surface area (TPSA) is 25.8 Å². The van der Waals surface area contributed by atoms with Crippen LogP contribution in [0, 0.1) is 5.82 Å². The van der Waals surface area contributed by atoms with Gasteiger partial charge in [0, 0.05) is 11.6 Å². The molecule has 0 unspecified atom stereocenters. The lowest BCUT2D eigenvalue weighted by Crippen LogP contribution is -1.97. The van der Waals surface area contributed by atoms with E-state index in [1.54, 1.807) is 18.5 Å². The summed E-state index contributed by atoms with van der Waals surface area (Å²) in [5.74, 6) is -0.405. The van der Waals surface area contributed by atoms with E-state index in [2.05, 4.69) is 47.3 Å². The van der Waals surface area contributed by atoms with E-state index in [1.165, 1.54) is 11.6 Å². The van der Waals surface area contributed by atoms with Crippen LogP contribution < -0.4 is 0 Å². The fraction of sp³-hybridized carbons (Fsp3) is 0.130. The van der Waals surface area contributed by atoms with Crippen LogP contribution in [-0.4, -0.2) is 9.97 Å². The van der Waals surface area contributed by atoms with Crippen LogP contribution in [0.1, 0.15) is 30.9 Å². The Morgan fingerprint density at radius 3 is 2.78 bits per heavy atom. The second kappa shape index (κ2) is 7.45. The van der Waals surface area contributed by atoms with Gasteiger partial charge in [0.2, 0.25) is 0 Å². The van der Waals surface area contributed by atoms with Gasteiger partial charge in [-0.05, 0) is 66.3 Å². The van der Waals surface area contributed by atoms with Gasteiger partial charge in [-0.3, -0.25) is 0 Å². The molecular weight excluding hydrogens is 359 g/mol. The van der Waals surface area contributed by atoms with Gasteiger partial charge in [-0.15, -0.1) is 0 Å². The molecule has 0 bridgehead atoms. The molecule has 0 aliphatic heterocycles. The molecule has 2 nitrogen and oxygen atoms in total. The first-order chi connectivity index (χ1) is 13.1. The van der Waals surface area contributed by atoms with Crippen LogP contribution in [0.3, 0.4) is 0 Å². The smallest absolute Gasteiger partial charge is 0.141 e. The van der Waals surface area contributed by atoms with Gasteiger partial charge < -0.3 is 0 Å². The summed E-state index contributed by atoms with van der Waals surface area (Å²) >= 11 is 6.08. The van der Waals surface area contributed by atoms with Crippen molar-refractivity contribution in [3.05, 3.63) is 94.7 Å². The molecule has 1 aliphatic carbocycles. The summed E-state index contributed by atoms with van der Waals surface area (Å²) in [6.45, 7) is 2.13. The monoisotopic (exact) mass is 376 g/mol. The maximum absolute atomic E-state index is 13.7. The predicted octanol–water partition coefficient (Wildman–Crippen LogP) is 6.63. The van der Waals surface area contributed by atoms with Crippen LogP contribution in [0.25, 0.3) is 22.0 Å². The van der Waals surface area contributed by atoms with Crippen LogP contribution in [-0.2, 0) is 0 Å². The zero-order chi connectivity index (χ0) is 18.8. The summed E-state index contributed by atoms with van der Waals surface area (Å²) in [6.07, 6.45) is 11.6. The highest BCUT2D eigenvalue weighted by Gasteiger charge is 2.16. The molecule has 134 valence electrons. The molecule has 0 fully saturated rings. The van der Waals surface area contributed by atoms with Crippen molar-refractivity contribution in [2.45, 2.75) is 19.8 Å². The summed E-state index contributed by atoms with van der Waals surface area (Å²) in [4.78, 5) is 8.43. The van der Waals surface area contributed by atoms with E-state index in [9.17, 15) is 4.39 Å². The van der Waals surface area contributed by atoms with Gasteiger partial charge in [-0.1, -0.05) is 47.5 Å². The lowest BCUT2D eigenvalue weighted by atomic mass is 9.86. The number of benzene rings is 2. The van der Waals surface area contributed by atoms with Crippen molar-refractivity contribution in [2.75, 3.05) is 0 Å². The van der Waals surface area contributed by atoms with Crippen molar-refractivity contribution in [3.63, 3.8) is 0 Å². The second-order valence-electron chi connectivity index (χ2n) is 6.63. The summed E-state index contributed by atoms with van der Waals surface area (Å²) in [6, 6.07) is 11.1. The first kappa shape index (κ1) is 17.6. The molecule has 1 heterocycles. The Hall–Kier alpha value is -2.78. The number of halogens is 2. The second-order valence-corrected chi connectivity index (χ2v) is 7.03. The number of rotatable bonds is 2. The van der Waals surface area contributed by atoms with Crippen molar-refractivity contribution >= 4 is 33.7 Å². The fourth-order valence-corrected chi connectivity index (χ4v) is 3.63. The molecule has 4 rings (SSSR count). The minimum absolute atomic E-state index is 0.136. The number of hydrogen-bond acceptors (Lipinski definition) is 2. The predicted molar refractivity (Wildman–Crippen MR) is 110 cm³/mol. The molecule has 0 saturated heterocycles. The minimum atomic E-state index is -0.405. The van der Waals surface area contributed by atoms with E-state index < -0.39 is 5.82 Å². The van der Waals surface area contributed by atoms with Crippen molar-refractivity contribution in [3.8, 4) is 0 Å². The SMILES string of the molecule is CC1=C(c2ccc(F)c(Cl)c2)C(c2ccc3ncncc3c2)=CC=CCC1. The number of hydrogen-bond donors (Lipinski definition) is 0. The molecule has 1 aromatic heterocycles. The largest absolute Gasteiger partial charge is 0.244 e. The lowest BCUT2D eigenvalue weighted by molar-refractivity contribution is 0.628. The third-order valence-corrected chi connectivity index (χ3v) is 5.09. The number of allylic oxidation sites excluding steroid dienone is 6. The molecule has 27 heavy (non-hydrogen) atoms. The zero-order valence-electron chi connectivity index (χ0n) is 14.9. The summed E-state index contributed by atoms with van der Waals surface area (Å²) in [5, 5.41) is 1.12. The highest BCUT2D eigenvalue weighted by molar-refractivity contribution is 6.31. The van der Waals surface area contributed by atoms with Crippen LogP contribution in [0.15, 0.2) is 72.7 Å². The maximum atomic E-state index is 13.7. The van der Waals surface area contributed by atoms with Crippen molar-refractivity contribution in [2.24, 2.45) is 0 Å². The molecule has 0 saturated carbocycles. The van der Waals surface area contributed by atoms with Gasteiger partial charge >= 0.3 is 0 Å². The summed E-state index contributed by atoms with van der Waals surface area (Å²) in [7, 11) is 0. The average Bonchev–Trinajstić information content (AvgIpc) is 2.67. The van der Waals surface area contributed by atoms with Gasteiger partial charge in [0.05, 0.1) is 10.5 Å². The summed E-state index contributed by atoms with van der Waals surface area (Å²) < 4.78 is 13.7. The minimum Gasteiger partial charge on any atom is -0.244 e. The Bertz CT molecular complexity index is 1110. The van der Waals surface area contributed by atoms with E-state index in [1.807, 2.05) is 12.3 Å². The molecular formula is C23H18ClFN2. The van der Waals surface area contributed by atoms with Gasteiger partial charge in [-0.2, -0.15) is 0 Å². The normalized spacial score (nSPS) is 14.9. The molecule has 2 aromatic carbocycles. The fourth-order valence-electron chi connectivity index (χ4n) is 3.44. The van der Waals surface area contributed by atoms with Gasteiger partial charge in [0.25, 0.3) is 0 Å². The van der Waals surface area contributed by atoms with E-state index in [0.29, 0.717) is 0 Å². The Balaban J connectivity index is 1.92. The standard InChI is InChI=1S/C23H18ClFN2/c1-15-5-3-2-4-6-19(23(15)17-7-9-21(25)20(24)12-17)16-8-10-22-18(11-16)13-26-14-27-22/h2,4,6-14H,3,5H2,1H3. The Labute approximate surface area is 162 Å². The highest BCUT2D eigenvalue weighted by atomic mass is 35.5. The molecule has 0 spiro atoms. The van der Waals surface area contributed by atoms with Crippen LogP contribution in [0.5, 0.6) is 0 Å². The molecule has 1 aliphatic rings. The average molecular weight is 377 g/mol. The van der Waals surface area contributed by atoms with Crippen LogP contribution in [0.2, 0.25) is 5.02 Å². The van der Waals surface area contributed by atoms with Gasteiger partial charge in [-0.25, -0.2) is 14.4 Å². The van der Waals surface area contributed by atoms with Gasteiger partial charge in [0.1, 0.15) is 12.1 Å². The van der Waals surface area contributed by atoms with Crippen LogP contribution in [0.4, 0.5) is 4.39 Å². The van der Waals surface area contributed by atoms with Gasteiger partial charge in [0.15, 0.2) is 0 Å². The molecule has 0 amide bonds. The Morgan fingerprint density at radius 2 is 1.93 bits per heavy atom. The maximum Gasteiger partial charge on any atom is 0.141 e. The molecule has 0 radical (unpaired) electrons. The Kier molecular flexibility index (Phi) is 4.87. The molecule has 0 atom stereocenters. The van der Waals surface area contributed by atoms with E-state index in [0.717, 1.165) is 46.0 Å². The number of aromatic nitrogens is 2. The third kappa shape index (κ3) is 3.56. The van der Waals surface area contributed by atoms with Crippen molar-refractivity contribution in [1.82, 2.24) is 9.97 Å². The third-order valence-electron chi connectivity index (χ3n) is 4.81.